The number of hydrogen-bond acceptors (Lipinski definition) is 2. The van der Waals surface area contributed by atoms with E-state index in [2.05, 4.69) is 21.0 Å². The largest absolute Gasteiger partial charge is 0.382 e. The number of benzene rings is 1. The van der Waals surface area contributed by atoms with Gasteiger partial charge in [0.05, 0.1) is 16.4 Å². The van der Waals surface area contributed by atoms with E-state index >= 15 is 0 Å². The van der Waals surface area contributed by atoms with E-state index in [-0.39, 0.29) is 5.56 Å². The lowest BCUT2D eigenvalue weighted by atomic mass is 10.1. The maximum absolute atomic E-state index is 13.5. The Morgan fingerprint density at radius 1 is 1.44 bits per heavy atom. The zero-order valence-corrected chi connectivity index (χ0v) is 10.1. The fourth-order valence-electron chi connectivity index (χ4n) is 1.57. The van der Waals surface area contributed by atoms with Crippen LogP contribution < -0.4 is 0 Å². The highest BCUT2D eigenvalue weighted by Gasteiger charge is 2.20. The van der Waals surface area contributed by atoms with E-state index in [0.717, 1.165) is 0 Å². The molecule has 0 aliphatic rings. The Hall–Kier alpha value is -1.20. The quantitative estimate of drug-likeness (QED) is 0.920. The molecule has 0 radical (unpaired) electrons. The Kier molecular flexibility index (Phi) is 3.07. The molecule has 1 unspecified atom stereocenters. The van der Waals surface area contributed by atoms with Crippen molar-refractivity contribution in [3.63, 3.8) is 0 Å². The van der Waals surface area contributed by atoms with E-state index in [0.29, 0.717) is 10.2 Å². The summed E-state index contributed by atoms with van der Waals surface area (Å²) >= 11 is 3.27. The zero-order chi connectivity index (χ0) is 11.7. The van der Waals surface area contributed by atoms with E-state index in [9.17, 15) is 9.50 Å². The van der Waals surface area contributed by atoms with Crippen LogP contribution in [0.1, 0.15) is 17.4 Å². The molecule has 0 amide bonds. The van der Waals surface area contributed by atoms with Crippen LogP contribution in [-0.2, 0) is 7.05 Å². The van der Waals surface area contributed by atoms with Gasteiger partial charge in [-0.2, -0.15) is 5.10 Å². The van der Waals surface area contributed by atoms with Crippen molar-refractivity contribution in [1.29, 1.82) is 0 Å². The van der Waals surface area contributed by atoms with Gasteiger partial charge in [-0.25, -0.2) is 4.39 Å². The Labute approximate surface area is 101 Å². The molecule has 0 aliphatic carbocycles. The van der Waals surface area contributed by atoms with Crippen LogP contribution in [0, 0.1) is 5.82 Å². The predicted octanol–water partition coefficient (Wildman–Crippen LogP) is 2.40. The SMILES string of the molecule is Cn1ncc(Br)c1C(O)c1ccccc1F. The highest BCUT2D eigenvalue weighted by Crippen LogP contribution is 2.29. The van der Waals surface area contributed by atoms with Crippen LogP contribution in [0.25, 0.3) is 0 Å². The second kappa shape index (κ2) is 4.35. The minimum Gasteiger partial charge on any atom is -0.382 e. The number of rotatable bonds is 2. The number of aromatic nitrogens is 2. The molecule has 0 aliphatic heterocycles. The van der Waals surface area contributed by atoms with Crippen molar-refractivity contribution in [1.82, 2.24) is 9.78 Å². The normalized spacial score (nSPS) is 12.8. The molecule has 0 fully saturated rings. The van der Waals surface area contributed by atoms with Crippen molar-refractivity contribution in [3.05, 3.63) is 52.0 Å². The highest BCUT2D eigenvalue weighted by atomic mass is 79.9. The topological polar surface area (TPSA) is 38.0 Å². The van der Waals surface area contributed by atoms with Crippen LogP contribution in [0.3, 0.4) is 0 Å². The molecule has 84 valence electrons. The van der Waals surface area contributed by atoms with Crippen LogP contribution in [0.5, 0.6) is 0 Å². The average Bonchev–Trinajstić information content (AvgIpc) is 2.58. The van der Waals surface area contributed by atoms with E-state index < -0.39 is 11.9 Å². The molecular formula is C11H10BrFN2O. The molecule has 1 N–H and O–H groups in total. The number of halogens is 2. The van der Waals surface area contributed by atoms with Crippen LogP contribution in [-0.4, -0.2) is 14.9 Å². The van der Waals surface area contributed by atoms with Crippen molar-refractivity contribution >= 4 is 15.9 Å². The molecule has 1 heterocycles. The lowest BCUT2D eigenvalue weighted by molar-refractivity contribution is 0.204. The molecule has 5 heteroatoms. The summed E-state index contributed by atoms with van der Waals surface area (Å²) in [6.45, 7) is 0. The molecule has 3 nitrogen and oxygen atoms in total. The third kappa shape index (κ3) is 1.88. The molecule has 0 bridgehead atoms. The summed E-state index contributed by atoms with van der Waals surface area (Å²) in [6.07, 6.45) is 0.544. The molecule has 16 heavy (non-hydrogen) atoms. The first-order valence-electron chi connectivity index (χ1n) is 4.71. The average molecular weight is 285 g/mol. The Balaban J connectivity index is 2.47. The molecule has 1 atom stereocenters. The van der Waals surface area contributed by atoms with Crippen LogP contribution in [0.4, 0.5) is 4.39 Å². The van der Waals surface area contributed by atoms with Gasteiger partial charge in [0.15, 0.2) is 0 Å². The molecule has 0 spiro atoms. The van der Waals surface area contributed by atoms with Gasteiger partial charge < -0.3 is 5.11 Å². The van der Waals surface area contributed by atoms with Gasteiger partial charge in [0.1, 0.15) is 11.9 Å². The van der Waals surface area contributed by atoms with Crippen molar-refractivity contribution in [2.45, 2.75) is 6.10 Å². The molecule has 1 aromatic carbocycles. The fourth-order valence-corrected chi connectivity index (χ4v) is 2.14. The third-order valence-electron chi connectivity index (χ3n) is 2.40. The van der Waals surface area contributed by atoms with E-state index in [4.69, 9.17) is 0 Å². The number of aliphatic hydroxyl groups is 1. The summed E-state index contributed by atoms with van der Waals surface area (Å²) < 4.78 is 15.7. The second-order valence-electron chi connectivity index (χ2n) is 3.43. The highest BCUT2D eigenvalue weighted by molar-refractivity contribution is 9.10. The smallest absolute Gasteiger partial charge is 0.129 e. The molecule has 2 aromatic rings. The fraction of sp³-hybridized carbons (Fsp3) is 0.182. The van der Waals surface area contributed by atoms with Crippen LogP contribution in [0.15, 0.2) is 34.9 Å². The first-order valence-corrected chi connectivity index (χ1v) is 5.50. The van der Waals surface area contributed by atoms with E-state index in [1.54, 1.807) is 31.4 Å². The summed E-state index contributed by atoms with van der Waals surface area (Å²) in [5.74, 6) is -0.428. The van der Waals surface area contributed by atoms with Crippen molar-refractivity contribution < 1.29 is 9.50 Å². The standard InChI is InChI=1S/C11H10BrFN2O/c1-15-10(8(12)6-14-15)11(16)7-4-2-3-5-9(7)13/h2-6,11,16H,1H3. The Bertz CT molecular complexity index is 493. The van der Waals surface area contributed by atoms with Gasteiger partial charge in [0, 0.05) is 12.6 Å². The minimum absolute atomic E-state index is 0.242. The van der Waals surface area contributed by atoms with Gasteiger partial charge in [0.25, 0.3) is 0 Å². The molecular weight excluding hydrogens is 275 g/mol. The number of nitrogens with zero attached hydrogens (tertiary/aromatic N) is 2. The summed E-state index contributed by atoms with van der Waals surface area (Å²) in [5, 5.41) is 14.1. The summed E-state index contributed by atoms with van der Waals surface area (Å²) in [4.78, 5) is 0. The van der Waals surface area contributed by atoms with E-state index in [1.807, 2.05) is 0 Å². The maximum atomic E-state index is 13.5. The van der Waals surface area contributed by atoms with Crippen LogP contribution >= 0.6 is 15.9 Å². The number of aryl methyl sites for hydroxylation is 1. The van der Waals surface area contributed by atoms with E-state index in [1.165, 1.54) is 10.7 Å². The first-order chi connectivity index (χ1) is 7.61. The summed E-state index contributed by atoms with van der Waals surface area (Å²) in [6, 6.07) is 6.15. The molecule has 1 aromatic heterocycles. The second-order valence-corrected chi connectivity index (χ2v) is 4.28. The molecule has 2 rings (SSSR count). The van der Waals surface area contributed by atoms with Gasteiger partial charge >= 0.3 is 0 Å². The van der Waals surface area contributed by atoms with Gasteiger partial charge in [-0.05, 0) is 22.0 Å². The minimum atomic E-state index is -1.02. The van der Waals surface area contributed by atoms with Gasteiger partial charge in [0.2, 0.25) is 0 Å². The Morgan fingerprint density at radius 2 is 2.12 bits per heavy atom. The zero-order valence-electron chi connectivity index (χ0n) is 8.56. The van der Waals surface area contributed by atoms with Gasteiger partial charge in [-0.1, -0.05) is 18.2 Å². The first kappa shape index (κ1) is 11.3. The molecule has 0 saturated carbocycles. The lowest BCUT2D eigenvalue weighted by Gasteiger charge is -2.12. The maximum Gasteiger partial charge on any atom is 0.129 e. The lowest BCUT2D eigenvalue weighted by Crippen LogP contribution is -2.08. The molecule has 0 saturated heterocycles. The third-order valence-corrected chi connectivity index (χ3v) is 3.01. The monoisotopic (exact) mass is 284 g/mol. The van der Waals surface area contributed by atoms with Gasteiger partial charge in [-0.15, -0.1) is 0 Å². The summed E-state index contributed by atoms with van der Waals surface area (Å²) in [5.41, 5.74) is 0.775. The van der Waals surface area contributed by atoms with Gasteiger partial charge in [-0.3, -0.25) is 4.68 Å². The Morgan fingerprint density at radius 3 is 2.69 bits per heavy atom. The van der Waals surface area contributed by atoms with Crippen molar-refractivity contribution in [2.24, 2.45) is 7.05 Å². The van der Waals surface area contributed by atoms with Crippen molar-refractivity contribution in [2.75, 3.05) is 0 Å². The summed E-state index contributed by atoms with van der Waals surface area (Å²) in [7, 11) is 1.70. The number of hydrogen-bond donors (Lipinski definition) is 1. The van der Waals surface area contributed by atoms with Crippen LogP contribution in [0.2, 0.25) is 0 Å². The predicted molar refractivity (Wildman–Crippen MR) is 61.4 cm³/mol. The number of aliphatic hydroxyl groups excluding tert-OH is 1. The van der Waals surface area contributed by atoms with Crippen molar-refractivity contribution in [3.8, 4) is 0 Å².